The standard InChI is InChI=1S/C11H12ClN3O3/c12-11(10-2-1-7-18-10)14-13-8-3-5-9(6-4-8)15(16)17/h3-6,10,13H,1-2,7H2/b14-11-. The van der Waals surface area contributed by atoms with E-state index in [4.69, 9.17) is 16.3 Å². The zero-order chi connectivity index (χ0) is 13.0. The summed E-state index contributed by atoms with van der Waals surface area (Å²) in [4.78, 5) is 10.0. The Morgan fingerprint density at radius 2 is 2.22 bits per heavy atom. The van der Waals surface area contributed by atoms with Crippen molar-refractivity contribution in [3.05, 3.63) is 34.4 Å². The van der Waals surface area contributed by atoms with Crippen molar-refractivity contribution in [2.24, 2.45) is 5.10 Å². The van der Waals surface area contributed by atoms with Gasteiger partial charge < -0.3 is 4.74 Å². The number of nitrogens with zero attached hydrogens (tertiary/aromatic N) is 2. The lowest BCUT2D eigenvalue weighted by atomic mass is 10.2. The molecular weight excluding hydrogens is 258 g/mol. The first kappa shape index (κ1) is 12.8. The predicted molar refractivity (Wildman–Crippen MR) is 69.0 cm³/mol. The summed E-state index contributed by atoms with van der Waals surface area (Å²) < 4.78 is 5.36. The molecule has 18 heavy (non-hydrogen) atoms. The van der Waals surface area contributed by atoms with Gasteiger partial charge in [-0.25, -0.2) is 0 Å². The van der Waals surface area contributed by atoms with E-state index in [0.717, 1.165) is 12.8 Å². The molecule has 1 aromatic rings. The predicted octanol–water partition coefficient (Wildman–Crippen LogP) is 2.74. The van der Waals surface area contributed by atoms with Crippen molar-refractivity contribution in [1.29, 1.82) is 0 Å². The van der Waals surface area contributed by atoms with Crippen molar-refractivity contribution < 1.29 is 9.66 Å². The average molecular weight is 270 g/mol. The number of hydrogen-bond acceptors (Lipinski definition) is 5. The van der Waals surface area contributed by atoms with Crippen molar-refractivity contribution in [2.45, 2.75) is 18.9 Å². The van der Waals surface area contributed by atoms with Crippen molar-refractivity contribution >= 4 is 28.1 Å². The summed E-state index contributed by atoms with van der Waals surface area (Å²) in [7, 11) is 0. The molecular formula is C11H12ClN3O3. The van der Waals surface area contributed by atoms with Gasteiger partial charge in [0.2, 0.25) is 0 Å². The molecule has 7 heteroatoms. The Labute approximate surface area is 109 Å². The van der Waals surface area contributed by atoms with E-state index in [1.807, 2.05) is 0 Å². The lowest BCUT2D eigenvalue weighted by Gasteiger charge is -2.07. The molecule has 2 rings (SSSR count). The highest BCUT2D eigenvalue weighted by atomic mass is 35.5. The lowest BCUT2D eigenvalue weighted by molar-refractivity contribution is -0.384. The number of hydrazone groups is 1. The van der Waals surface area contributed by atoms with E-state index in [0.29, 0.717) is 17.5 Å². The Balaban J connectivity index is 1.96. The third kappa shape index (κ3) is 3.18. The fourth-order valence-corrected chi connectivity index (χ4v) is 1.83. The third-order valence-corrected chi connectivity index (χ3v) is 2.89. The minimum atomic E-state index is -0.452. The maximum absolute atomic E-state index is 10.5. The van der Waals surface area contributed by atoms with E-state index < -0.39 is 4.92 Å². The lowest BCUT2D eigenvalue weighted by Crippen LogP contribution is -2.15. The molecule has 0 amide bonds. The van der Waals surface area contributed by atoms with Gasteiger partial charge in [-0.2, -0.15) is 5.10 Å². The van der Waals surface area contributed by atoms with Crippen molar-refractivity contribution in [3.8, 4) is 0 Å². The molecule has 1 aliphatic rings. The molecule has 1 heterocycles. The number of ether oxygens (including phenoxy) is 1. The first-order valence-corrected chi connectivity index (χ1v) is 5.90. The maximum Gasteiger partial charge on any atom is 0.269 e. The van der Waals surface area contributed by atoms with Crippen LogP contribution in [-0.2, 0) is 4.74 Å². The summed E-state index contributed by atoms with van der Waals surface area (Å²) in [5, 5.41) is 14.8. The topological polar surface area (TPSA) is 76.8 Å². The van der Waals surface area contributed by atoms with Gasteiger partial charge >= 0.3 is 0 Å². The molecule has 1 atom stereocenters. The SMILES string of the molecule is O=[N+]([O-])c1ccc(N/N=C(\Cl)C2CCCO2)cc1. The quantitative estimate of drug-likeness (QED) is 0.518. The van der Waals surface area contributed by atoms with Crippen LogP contribution in [0.5, 0.6) is 0 Å². The van der Waals surface area contributed by atoms with Gasteiger partial charge in [0.15, 0.2) is 5.17 Å². The van der Waals surface area contributed by atoms with Gasteiger partial charge in [0, 0.05) is 18.7 Å². The molecule has 0 bridgehead atoms. The third-order valence-electron chi connectivity index (χ3n) is 2.57. The van der Waals surface area contributed by atoms with E-state index in [1.54, 1.807) is 12.1 Å². The summed E-state index contributed by atoms with van der Waals surface area (Å²) in [6.45, 7) is 0.702. The van der Waals surface area contributed by atoms with Crippen molar-refractivity contribution in [3.63, 3.8) is 0 Å². The second kappa shape index (κ2) is 5.79. The molecule has 6 nitrogen and oxygen atoms in total. The summed E-state index contributed by atoms with van der Waals surface area (Å²) >= 11 is 5.97. The number of nitro benzene ring substituents is 1. The van der Waals surface area contributed by atoms with Gasteiger partial charge in [0.25, 0.3) is 5.69 Å². The van der Waals surface area contributed by atoms with Gasteiger partial charge in [-0.3, -0.25) is 15.5 Å². The summed E-state index contributed by atoms with van der Waals surface area (Å²) in [6.07, 6.45) is 1.70. The first-order chi connectivity index (χ1) is 8.66. The molecule has 1 saturated heterocycles. The van der Waals surface area contributed by atoms with Crippen LogP contribution in [-0.4, -0.2) is 22.8 Å². The van der Waals surface area contributed by atoms with Gasteiger partial charge in [-0.05, 0) is 25.0 Å². The molecule has 1 aliphatic heterocycles. The fraction of sp³-hybridized carbons (Fsp3) is 0.364. The largest absolute Gasteiger partial charge is 0.371 e. The molecule has 1 aromatic carbocycles. The number of non-ortho nitro benzene ring substituents is 1. The van der Waals surface area contributed by atoms with Gasteiger partial charge in [0.05, 0.1) is 10.6 Å². The van der Waals surface area contributed by atoms with Crippen molar-refractivity contribution in [1.82, 2.24) is 0 Å². The Bertz CT molecular complexity index is 455. The number of halogens is 1. The summed E-state index contributed by atoms with van der Waals surface area (Å²) in [5.41, 5.74) is 3.41. The molecule has 1 unspecified atom stereocenters. The van der Waals surface area contributed by atoms with Gasteiger partial charge in [0.1, 0.15) is 6.10 Å². The monoisotopic (exact) mass is 269 g/mol. The number of hydrogen-bond donors (Lipinski definition) is 1. The smallest absolute Gasteiger partial charge is 0.269 e. The van der Waals surface area contributed by atoms with E-state index in [1.165, 1.54) is 12.1 Å². The van der Waals surface area contributed by atoms with Crippen LogP contribution < -0.4 is 5.43 Å². The van der Waals surface area contributed by atoms with Crippen LogP contribution in [0.3, 0.4) is 0 Å². The second-order valence-electron chi connectivity index (χ2n) is 3.85. The van der Waals surface area contributed by atoms with E-state index in [9.17, 15) is 10.1 Å². The molecule has 0 radical (unpaired) electrons. The normalized spacial score (nSPS) is 19.8. The van der Waals surface area contributed by atoms with E-state index in [2.05, 4.69) is 10.5 Å². The average Bonchev–Trinajstić information content (AvgIpc) is 2.90. The van der Waals surface area contributed by atoms with Crippen molar-refractivity contribution in [2.75, 3.05) is 12.0 Å². The number of nitro groups is 1. The molecule has 0 aromatic heterocycles. The second-order valence-corrected chi connectivity index (χ2v) is 4.24. The fourth-order valence-electron chi connectivity index (χ4n) is 1.61. The Hall–Kier alpha value is -1.66. The molecule has 1 N–H and O–H groups in total. The number of benzene rings is 1. The Kier molecular flexibility index (Phi) is 4.11. The van der Waals surface area contributed by atoms with Crippen LogP contribution in [0, 0.1) is 10.1 Å². The van der Waals surface area contributed by atoms with Crippen LogP contribution in [0.25, 0.3) is 0 Å². The van der Waals surface area contributed by atoms with Crippen LogP contribution in [0.1, 0.15) is 12.8 Å². The number of anilines is 1. The highest BCUT2D eigenvalue weighted by Gasteiger charge is 2.20. The molecule has 0 spiro atoms. The molecule has 96 valence electrons. The number of nitrogens with one attached hydrogen (secondary N) is 1. The molecule has 0 aliphatic carbocycles. The number of rotatable bonds is 4. The van der Waals surface area contributed by atoms with Crippen LogP contribution in [0.2, 0.25) is 0 Å². The zero-order valence-corrected chi connectivity index (χ0v) is 10.3. The highest BCUT2D eigenvalue weighted by Crippen LogP contribution is 2.18. The summed E-state index contributed by atoms with van der Waals surface area (Å²) in [6, 6.07) is 5.94. The van der Waals surface area contributed by atoms with E-state index >= 15 is 0 Å². The highest BCUT2D eigenvalue weighted by molar-refractivity contribution is 6.66. The maximum atomic E-state index is 10.5. The Morgan fingerprint density at radius 3 is 2.78 bits per heavy atom. The Morgan fingerprint density at radius 1 is 1.50 bits per heavy atom. The van der Waals surface area contributed by atoms with E-state index in [-0.39, 0.29) is 11.8 Å². The van der Waals surface area contributed by atoms with Crippen LogP contribution >= 0.6 is 11.6 Å². The summed E-state index contributed by atoms with van der Waals surface area (Å²) in [5.74, 6) is 0. The molecule has 1 fully saturated rings. The van der Waals surface area contributed by atoms with Gasteiger partial charge in [-0.15, -0.1) is 0 Å². The minimum absolute atomic E-state index is 0.0368. The van der Waals surface area contributed by atoms with Crippen LogP contribution in [0.15, 0.2) is 29.4 Å². The molecule has 0 saturated carbocycles. The van der Waals surface area contributed by atoms with Gasteiger partial charge in [-0.1, -0.05) is 11.6 Å². The first-order valence-electron chi connectivity index (χ1n) is 5.52. The minimum Gasteiger partial charge on any atom is -0.371 e. The van der Waals surface area contributed by atoms with Crippen LogP contribution in [0.4, 0.5) is 11.4 Å². The zero-order valence-electron chi connectivity index (χ0n) is 9.51.